The van der Waals surface area contributed by atoms with Crippen LogP contribution in [0.5, 0.6) is 5.75 Å². The van der Waals surface area contributed by atoms with Crippen LogP contribution in [-0.2, 0) is 11.3 Å². The first kappa shape index (κ1) is 21.9. The number of amides is 1. The minimum atomic E-state index is -0.823. The minimum Gasteiger partial charge on any atom is -0.503 e. The molecular weight excluding hydrogens is 500 g/mol. The molecule has 0 radical (unpaired) electrons. The van der Waals surface area contributed by atoms with Crippen molar-refractivity contribution in [3.63, 3.8) is 0 Å². The van der Waals surface area contributed by atoms with E-state index in [1.54, 1.807) is 55.9 Å². The summed E-state index contributed by atoms with van der Waals surface area (Å²) in [5, 5.41) is 11.6. The number of hydrogen-bond donors (Lipinski definition) is 1. The Bertz CT molecular complexity index is 1430. The Morgan fingerprint density at radius 1 is 1.18 bits per heavy atom. The number of methoxy groups -OCH3 is 1. The number of furan rings is 1. The van der Waals surface area contributed by atoms with E-state index in [0.29, 0.717) is 16.9 Å². The van der Waals surface area contributed by atoms with Crippen molar-refractivity contribution in [1.29, 1.82) is 0 Å². The van der Waals surface area contributed by atoms with Crippen LogP contribution in [0.15, 0.2) is 93.3 Å². The summed E-state index contributed by atoms with van der Waals surface area (Å²) in [6.45, 7) is 0.177. The molecule has 4 aromatic rings. The second kappa shape index (κ2) is 8.79. The highest BCUT2D eigenvalue weighted by molar-refractivity contribution is 9.10. The molecule has 34 heavy (non-hydrogen) atoms. The van der Waals surface area contributed by atoms with Gasteiger partial charge < -0.3 is 19.2 Å². The standard InChI is InChI=1S/C26H19BrN2O5/c1-33-19-7-4-15(5-8-19)14-29-23(16-3-2-10-28-13-16)22(25(31)26(29)32)24(30)21-12-17-11-18(27)6-9-20(17)34-21/h2-13,23,31H,14H2,1H3. The summed E-state index contributed by atoms with van der Waals surface area (Å²) in [6, 6.07) is 16.9. The number of carbonyl (C=O) groups is 2. The van der Waals surface area contributed by atoms with E-state index in [4.69, 9.17) is 9.15 Å². The van der Waals surface area contributed by atoms with Crippen molar-refractivity contribution < 1.29 is 23.8 Å². The molecule has 8 heteroatoms. The largest absolute Gasteiger partial charge is 0.503 e. The van der Waals surface area contributed by atoms with E-state index in [0.717, 1.165) is 15.4 Å². The third kappa shape index (κ3) is 3.86. The Morgan fingerprint density at radius 3 is 2.68 bits per heavy atom. The third-order valence-corrected chi connectivity index (χ3v) is 6.26. The number of ketones is 1. The van der Waals surface area contributed by atoms with Crippen molar-refractivity contribution in [2.45, 2.75) is 12.6 Å². The number of ether oxygens (including phenoxy) is 1. The summed E-state index contributed by atoms with van der Waals surface area (Å²) < 4.78 is 11.8. The van der Waals surface area contributed by atoms with Crippen molar-refractivity contribution in [2.24, 2.45) is 0 Å². The van der Waals surface area contributed by atoms with Crippen molar-refractivity contribution in [1.82, 2.24) is 9.88 Å². The van der Waals surface area contributed by atoms with Crippen LogP contribution in [0, 0.1) is 0 Å². The summed E-state index contributed by atoms with van der Waals surface area (Å²) in [5.41, 5.74) is 1.92. The highest BCUT2D eigenvalue weighted by Crippen LogP contribution is 2.40. The second-order valence-electron chi connectivity index (χ2n) is 7.85. The van der Waals surface area contributed by atoms with Gasteiger partial charge in [-0.3, -0.25) is 14.6 Å². The van der Waals surface area contributed by atoms with Crippen molar-refractivity contribution in [3.8, 4) is 5.75 Å². The summed E-state index contributed by atoms with van der Waals surface area (Å²) >= 11 is 3.41. The number of Topliss-reactive ketones (excluding diaryl/α,β-unsaturated/α-hetero) is 1. The molecule has 1 aliphatic rings. The first-order valence-electron chi connectivity index (χ1n) is 10.5. The van der Waals surface area contributed by atoms with Crippen molar-refractivity contribution in [3.05, 3.63) is 106 Å². The molecule has 5 rings (SSSR count). The van der Waals surface area contributed by atoms with Crippen LogP contribution in [0.4, 0.5) is 0 Å². The maximum atomic E-state index is 13.6. The maximum Gasteiger partial charge on any atom is 0.290 e. The summed E-state index contributed by atoms with van der Waals surface area (Å²) in [5.74, 6) is -1.04. The lowest BCUT2D eigenvalue weighted by molar-refractivity contribution is -0.130. The minimum absolute atomic E-state index is 0.0374. The molecular formula is C26H19BrN2O5. The average Bonchev–Trinajstić information content (AvgIpc) is 3.39. The number of rotatable bonds is 6. The number of pyridine rings is 1. The van der Waals surface area contributed by atoms with Gasteiger partial charge in [0.15, 0.2) is 11.5 Å². The summed E-state index contributed by atoms with van der Waals surface area (Å²) in [7, 11) is 1.58. The fourth-order valence-electron chi connectivity index (χ4n) is 4.12. The molecule has 0 bridgehead atoms. The number of halogens is 1. The van der Waals surface area contributed by atoms with Crippen LogP contribution in [0.25, 0.3) is 11.0 Å². The molecule has 0 fully saturated rings. The SMILES string of the molecule is COc1ccc(CN2C(=O)C(O)=C(C(=O)c3cc4cc(Br)ccc4o3)C2c2cccnc2)cc1. The van der Waals surface area contributed by atoms with Crippen LogP contribution in [0.1, 0.15) is 27.7 Å². The van der Waals surface area contributed by atoms with Gasteiger partial charge in [-0.05, 0) is 53.6 Å². The lowest BCUT2D eigenvalue weighted by Crippen LogP contribution is -2.30. The van der Waals surface area contributed by atoms with E-state index < -0.39 is 23.5 Å². The highest BCUT2D eigenvalue weighted by atomic mass is 79.9. The van der Waals surface area contributed by atoms with E-state index in [2.05, 4.69) is 20.9 Å². The van der Waals surface area contributed by atoms with Crippen molar-refractivity contribution in [2.75, 3.05) is 7.11 Å². The Labute approximate surface area is 203 Å². The number of benzene rings is 2. The van der Waals surface area contributed by atoms with Gasteiger partial charge in [0, 0.05) is 28.8 Å². The van der Waals surface area contributed by atoms with Crippen molar-refractivity contribution >= 4 is 38.6 Å². The number of fused-ring (bicyclic) bond motifs is 1. The van der Waals surface area contributed by atoms with E-state index in [1.165, 1.54) is 4.90 Å². The van der Waals surface area contributed by atoms with E-state index in [1.807, 2.05) is 24.3 Å². The fraction of sp³-hybridized carbons (Fsp3) is 0.115. The Hall–Kier alpha value is -3.91. The Kier molecular flexibility index (Phi) is 5.67. The highest BCUT2D eigenvalue weighted by Gasteiger charge is 2.44. The molecule has 0 aliphatic carbocycles. The van der Waals surface area contributed by atoms with Gasteiger partial charge in [0.25, 0.3) is 5.91 Å². The van der Waals surface area contributed by atoms with Crippen LogP contribution < -0.4 is 4.74 Å². The van der Waals surface area contributed by atoms with Gasteiger partial charge in [0.05, 0.1) is 18.7 Å². The fourth-order valence-corrected chi connectivity index (χ4v) is 4.50. The lowest BCUT2D eigenvalue weighted by atomic mass is 9.96. The number of aliphatic hydroxyl groups is 1. The molecule has 2 aromatic heterocycles. The number of hydrogen-bond acceptors (Lipinski definition) is 6. The summed E-state index contributed by atoms with van der Waals surface area (Å²) in [6.07, 6.45) is 3.19. The van der Waals surface area contributed by atoms with Crippen LogP contribution in [0.3, 0.4) is 0 Å². The molecule has 7 nitrogen and oxygen atoms in total. The van der Waals surface area contributed by atoms with Gasteiger partial charge >= 0.3 is 0 Å². The molecule has 0 saturated heterocycles. The number of nitrogens with zero attached hydrogens (tertiary/aromatic N) is 2. The molecule has 1 N–H and O–H groups in total. The van der Waals surface area contributed by atoms with Gasteiger partial charge in [-0.25, -0.2) is 0 Å². The quantitative estimate of drug-likeness (QED) is 0.344. The van der Waals surface area contributed by atoms with E-state index in [-0.39, 0.29) is 17.9 Å². The number of carbonyl (C=O) groups excluding carboxylic acids is 2. The number of aliphatic hydroxyl groups excluding tert-OH is 1. The maximum absolute atomic E-state index is 13.6. The summed E-state index contributed by atoms with van der Waals surface area (Å²) in [4.78, 5) is 32.4. The zero-order chi connectivity index (χ0) is 23.8. The van der Waals surface area contributed by atoms with Gasteiger partial charge in [-0.15, -0.1) is 0 Å². The molecule has 0 saturated carbocycles. The molecule has 1 atom stereocenters. The topological polar surface area (TPSA) is 92.9 Å². The lowest BCUT2D eigenvalue weighted by Gasteiger charge is -2.26. The zero-order valence-electron chi connectivity index (χ0n) is 18.1. The Morgan fingerprint density at radius 2 is 1.97 bits per heavy atom. The smallest absolute Gasteiger partial charge is 0.290 e. The predicted octanol–water partition coefficient (Wildman–Crippen LogP) is 5.38. The van der Waals surface area contributed by atoms with Gasteiger partial charge in [-0.2, -0.15) is 0 Å². The predicted molar refractivity (Wildman–Crippen MR) is 128 cm³/mol. The van der Waals surface area contributed by atoms with Crippen LogP contribution >= 0.6 is 15.9 Å². The van der Waals surface area contributed by atoms with Gasteiger partial charge in [0.2, 0.25) is 5.78 Å². The van der Waals surface area contributed by atoms with Gasteiger partial charge in [-0.1, -0.05) is 34.1 Å². The molecule has 170 valence electrons. The molecule has 3 heterocycles. The average molecular weight is 519 g/mol. The Balaban J connectivity index is 1.56. The molecule has 1 unspecified atom stereocenters. The third-order valence-electron chi connectivity index (χ3n) is 5.76. The molecule has 0 spiro atoms. The van der Waals surface area contributed by atoms with E-state index in [9.17, 15) is 14.7 Å². The van der Waals surface area contributed by atoms with E-state index >= 15 is 0 Å². The monoisotopic (exact) mass is 518 g/mol. The number of aromatic nitrogens is 1. The van der Waals surface area contributed by atoms with Crippen LogP contribution in [0.2, 0.25) is 0 Å². The van der Waals surface area contributed by atoms with Gasteiger partial charge in [0.1, 0.15) is 11.3 Å². The molecule has 1 amide bonds. The first-order valence-corrected chi connectivity index (χ1v) is 11.3. The first-order chi connectivity index (χ1) is 16.5. The second-order valence-corrected chi connectivity index (χ2v) is 8.77. The zero-order valence-corrected chi connectivity index (χ0v) is 19.7. The molecule has 1 aliphatic heterocycles. The normalized spacial score (nSPS) is 15.9. The van der Waals surface area contributed by atoms with Crippen LogP contribution in [-0.4, -0.2) is 33.8 Å². The molecule has 2 aromatic carbocycles.